The maximum absolute atomic E-state index is 12.2. The van der Waals surface area contributed by atoms with Crippen LogP contribution in [0.3, 0.4) is 0 Å². The molecule has 0 aromatic carbocycles. The van der Waals surface area contributed by atoms with Crippen molar-refractivity contribution in [3.63, 3.8) is 0 Å². The van der Waals surface area contributed by atoms with Crippen LogP contribution in [0.2, 0.25) is 5.02 Å². The summed E-state index contributed by atoms with van der Waals surface area (Å²) in [5, 5.41) is 3.89. The Morgan fingerprint density at radius 3 is 2.68 bits per heavy atom. The summed E-state index contributed by atoms with van der Waals surface area (Å²) in [4.78, 5) is 20.5. The van der Waals surface area contributed by atoms with Crippen LogP contribution in [0.15, 0.2) is 18.3 Å². The fourth-order valence-electron chi connectivity index (χ4n) is 2.56. The lowest BCUT2D eigenvalue weighted by atomic mass is 10.1. The molecule has 2 saturated heterocycles. The smallest absolute Gasteiger partial charge is 0.272 e. The zero-order chi connectivity index (χ0) is 13.2. The second kappa shape index (κ2) is 5.45. The topological polar surface area (TPSA) is 48.5 Å². The number of halogens is 1. The molecule has 2 aliphatic rings. The fraction of sp³-hybridized carbons (Fsp3) is 0.538. The van der Waals surface area contributed by atoms with Crippen LogP contribution in [0.25, 0.3) is 0 Å². The van der Waals surface area contributed by atoms with E-state index in [0.29, 0.717) is 16.8 Å². The van der Waals surface area contributed by atoms with Crippen LogP contribution in [-0.2, 0) is 0 Å². The van der Waals surface area contributed by atoms with Gasteiger partial charge in [-0.2, -0.15) is 0 Å². The maximum atomic E-state index is 12.2. The van der Waals surface area contributed by atoms with Crippen molar-refractivity contribution in [2.45, 2.75) is 6.04 Å². The van der Waals surface area contributed by atoms with Crippen LogP contribution in [0.5, 0.6) is 0 Å². The van der Waals surface area contributed by atoms with Crippen molar-refractivity contribution >= 4 is 17.5 Å². The predicted molar refractivity (Wildman–Crippen MR) is 73.4 cm³/mol. The Kier molecular flexibility index (Phi) is 3.68. The van der Waals surface area contributed by atoms with Gasteiger partial charge < -0.3 is 10.2 Å². The number of aromatic nitrogens is 1. The van der Waals surface area contributed by atoms with Crippen molar-refractivity contribution in [3.05, 3.63) is 29.0 Å². The highest BCUT2D eigenvalue weighted by Gasteiger charge is 2.35. The Morgan fingerprint density at radius 2 is 2.05 bits per heavy atom. The highest BCUT2D eigenvalue weighted by molar-refractivity contribution is 6.30. The Morgan fingerprint density at radius 1 is 1.32 bits per heavy atom. The molecular weight excluding hydrogens is 264 g/mol. The van der Waals surface area contributed by atoms with Gasteiger partial charge in [-0.05, 0) is 12.1 Å². The number of rotatable bonds is 2. The molecule has 1 aromatic rings. The first-order chi connectivity index (χ1) is 9.24. The first-order valence-corrected chi connectivity index (χ1v) is 6.97. The molecular formula is C13H17ClN4O. The Labute approximate surface area is 117 Å². The molecule has 3 heterocycles. The number of likely N-dealkylation sites (tertiary alicyclic amines) is 1. The van der Waals surface area contributed by atoms with Gasteiger partial charge in [0.25, 0.3) is 5.91 Å². The molecule has 0 bridgehead atoms. The Bertz CT molecular complexity index is 452. The minimum atomic E-state index is 0.00283. The molecule has 0 unspecified atom stereocenters. The van der Waals surface area contributed by atoms with E-state index in [1.807, 2.05) is 4.90 Å². The highest BCUT2D eigenvalue weighted by atomic mass is 35.5. The summed E-state index contributed by atoms with van der Waals surface area (Å²) in [6.07, 6.45) is 1.52. The van der Waals surface area contributed by atoms with Crippen LogP contribution >= 0.6 is 11.6 Å². The van der Waals surface area contributed by atoms with Gasteiger partial charge in [-0.1, -0.05) is 11.6 Å². The van der Waals surface area contributed by atoms with Crippen molar-refractivity contribution < 1.29 is 4.79 Å². The molecule has 0 aliphatic carbocycles. The second-order valence-electron chi connectivity index (χ2n) is 5.01. The van der Waals surface area contributed by atoms with Crippen molar-refractivity contribution in [3.8, 4) is 0 Å². The van der Waals surface area contributed by atoms with Gasteiger partial charge in [0.15, 0.2) is 0 Å². The summed E-state index contributed by atoms with van der Waals surface area (Å²) < 4.78 is 0. The van der Waals surface area contributed by atoms with E-state index in [2.05, 4.69) is 15.2 Å². The average molecular weight is 281 g/mol. The molecule has 1 amide bonds. The predicted octanol–water partition coefficient (Wildman–Crippen LogP) is 0.465. The third-order valence-corrected chi connectivity index (χ3v) is 3.99. The Hall–Kier alpha value is -1.17. The zero-order valence-electron chi connectivity index (χ0n) is 10.7. The molecule has 2 aliphatic heterocycles. The fourth-order valence-corrected chi connectivity index (χ4v) is 2.68. The standard InChI is InChI=1S/C13H17ClN4O/c14-10-1-2-12(16-7-10)13(19)18-8-11(9-18)17-5-3-15-4-6-17/h1-2,7,11,15H,3-6,8-9H2. The van der Waals surface area contributed by atoms with E-state index < -0.39 is 0 Å². The molecule has 102 valence electrons. The van der Waals surface area contributed by atoms with Crippen molar-refractivity contribution in [1.29, 1.82) is 0 Å². The molecule has 0 atom stereocenters. The minimum absolute atomic E-state index is 0.00283. The van der Waals surface area contributed by atoms with Gasteiger partial charge in [-0.25, -0.2) is 4.98 Å². The zero-order valence-corrected chi connectivity index (χ0v) is 11.4. The van der Waals surface area contributed by atoms with E-state index in [0.717, 1.165) is 39.3 Å². The molecule has 6 heteroatoms. The second-order valence-corrected chi connectivity index (χ2v) is 5.45. The van der Waals surface area contributed by atoms with Crippen LogP contribution in [0.1, 0.15) is 10.5 Å². The van der Waals surface area contributed by atoms with E-state index in [4.69, 9.17) is 11.6 Å². The van der Waals surface area contributed by atoms with Crippen LogP contribution in [-0.4, -0.2) is 66.0 Å². The Balaban J connectivity index is 1.55. The maximum Gasteiger partial charge on any atom is 0.272 e. The molecule has 5 nitrogen and oxygen atoms in total. The molecule has 1 aromatic heterocycles. The van der Waals surface area contributed by atoms with Crippen LogP contribution in [0.4, 0.5) is 0 Å². The van der Waals surface area contributed by atoms with E-state index in [-0.39, 0.29) is 5.91 Å². The first-order valence-electron chi connectivity index (χ1n) is 6.59. The molecule has 2 fully saturated rings. The van der Waals surface area contributed by atoms with E-state index in [9.17, 15) is 4.79 Å². The summed E-state index contributed by atoms with van der Waals surface area (Å²) in [5.41, 5.74) is 0.475. The van der Waals surface area contributed by atoms with Crippen LogP contribution < -0.4 is 5.32 Å². The van der Waals surface area contributed by atoms with Gasteiger partial charge in [0.1, 0.15) is 5.69 Å². The number of pyridine rings is 1. The number of carbonyl (C=O) groups excluding carboxylic acids is 1. The van der Waals surface area contributed by atoms with E-state index in [1.54, 1.807) is 12.1 Å². The van der Waals surface area contributed by atoms with Gasteiger partial charge in [0.2, 0.25) is 0 Å². The van der Waals surface area contributed by atoms with Crippen molar-refractivity contribution in [2.24, 2.45) is 0 Å². The monoisotopic (exact) mass is 280 g/mol. The summed E-state index contributed by atoms with van der Waals surface area (Å²) in [7, 11) is 0. The van der Waals surface area contributed by atoms with Gasteiger partial charge in [0, 0.05) is 51.5 Å². The molecule has 3 rings (SSSR count). The molecule has 19 heavy (non-hydrogen) atoms. The van der Waals surface area contributed by atoms with Crippen molar-refractivity contribution in [1.82, 2.24) is 20.1 Å². The molecule has 0 spiro atoms. The number of amides is 1. The van der Waals surface area contributed by atoms with Crippen LogP contribution in [0, 0.1) is 0 Å². The lowest BCUT2D eigenvalue weighted by Crippen LogP contribution is -2.63. The number of hydrogen-bond acceptors (Lipinski definition) is 4. The lowest BCUT2D eigenvalue weighted by Gasteiger charge is -2.46. The largest absolute Gasteiger partial charge is 0.334 e. The number of piperazine rings is 1. The molecule has 0 saturated carbocycles. The van der Waals surface area contributed by atoms with E-state index in [1.165, 1.54) is 6.20 Å². The lowest BCUT2D eigenvalue weighted by molar-refractivity contribution is 0.0223. The average Bonchev–Trinajstić information content (AvgIpc) is 2.39. The summed E-state index contributed by atoms with van der Waals surface area (Å²) >= 11 is 5.77. The quantitative estimate of drug-likeness (QED) is 0.855. The molecule has 1 N–H and O–H groups in total. The number of nitrogens with one attached hydrogen (secondary N) is 1. The third-order valence-electron chi connectivity index (χ3n) is 3.76. The number of carbonyl (C=O) groups is 1. The van der Waals surface area contributed by atoms with E-state index >= 15 is 0 Å². The SMILES string of the molecule is O=C(c1ccc(Cl)cn1)N1CC(N2CCNCC2)C1. The third kappa shape index (κ3) is 2.73. The summed E-state index contributed by atoms with van der Waals surface area (Å²) in [5.74, 6) is 0.00283. The van der Waals surface area contributed by atoms with Gasteiger partial charge in [0.05, 0.1) is 5.02 Å². The number of nitrogens with zero attached hydrogens (tertiary/aromatic N) is 3. The minimum Gasteiger partial charge on any atom is -0.334 e. The van der Waals surface area contributed by atoms with Crippen molar-refractivity contribution in [2.75, 3.05) is 39.3 Å². The first kappa shape index (κ1) is 12.8. The summed E-state index contributed by atoms with van der Waals surface area (Å²) in [6.45, 7) is 5.86. The normalized spacial score (nSPS) is 21.2. The summed E-state index contributed by atoms with van der Waals surface area (Å²) in [6, 6.07) is 3.90. The highest BCUT2D eigenvalue weighted by Crippen LogP contribution is 2.18. The number of hydrogen-bond donors (Lipinski definition) is 1. The van der Waals surface area contributed by atoms with Gasteiger partial charge in [-0.3, -0.25) is 9.69 Å². The van der Waals surface area contributed by atoms with Gasteiger partial charge in [-0.15, -0.1) is 0 Å². The van der Waals surface area contributed by atoms with Gasteiger partial charge >= 0.3 is 0 Å². The molecule has 0 radical (unpaired) electrons.